The van der Waals surface area contributed by atoms with Gasteiger partial charge in [0.05, 0.1) is 6.54 Å². The van der Waals surface area contributed by atoms with Gasteiger partial charge in [0.1, 0.15) is 0 Å². The molecule has 0 spiro atoms. The molecule has 1 aliphatic rings. The monoisotopic (exact) mass is 244 g/mol. The molecule has 3 rings (SSSR count). The Morgan fingerprint density at radius 3 is 2.89 bits per heavy atom. The highest BCUT2D eigenvalue weighted by Crippen LogP contribution is 2.38. The minimum atomic E-state index is 0.246. The summed E-state index contributed by atoms with van der Waals surface area (Å²) in [4.78, 5) is 8.39. The maximum atomic E-state index is 5.22. The Morgan fingerprint density at radius 2 is 2.17 bits per heavy atom. The first kappa shape index (κ1) is 11.3. The summed E-state index contributed by atoms with van der Waals surface area (Å²) >= 11 is 0. The summed E-state index contributed by atoms with van der Waals surface area (Å²) in [5, 5.41) is 7.36. The molecule has 2 aromatic rings. The number of aromatic nitrogens is 3. The molecule has 0 amide bonds. The fraction of sp³-hybridized carbons (Fsp3) is 0.462. The quantitative estimate of drug-likeness (QED) is 0.873. The molecule has 1 atom stereocenters. The first-order chi connectivity index (χ1) is 8.83. The summed E-state index contributed by atoms with van der Waals surface area (Å²) in [6, 6.07) is 4.25. The summed E-state index contributed by atoms with van der Waals surface area (Å²) in [5.74, 6) is 2.05. The van der Waals surface area contributed by atoms with E-state index < -0.39 is 0 Å². The zero-order valence-electron chi connectivity index (χ0n) is 10.3. The zero-order chi connectivity index (χ0) is 12.4. The Bertz CT molecular complexity index is 507. The van der Waals surface area contributed by atoms with Crippen molar-refractivity contribution in [2.75, 3.05) is 0 Å². The van der Waals surface area contributed by atoms with E-state index in [-0.39, 0.29) is 6.04 Å². The number of rotatable bonds is 5. The van der Waals surface area contributed by atoms with Crippen LogP contribution >= 0.6 is 0 Å². The minimum absolute atomic E-state index is 0.246. The molecule has 2 aromatic heterocycles. The molecule has 18 heavy (non-hydrogen) atoms. The van der Waals surface area contributed by atoms with Crippen LogP contribution in [0.25, 0.3) is 0 Å². The van der Waals surface area contributed by atoms with Crippen molar-refractivity contribution < 1.29 is 4.52 Å². The molecular formula is C13H16N4O. The first-order valence-electron chi connectivity index (χ1n) is 6.28. The van der Waals surface area contributed by atoms with E-state index in [1.807, 2.05) is 12.1 Å². The lowest BCUT2D eigenvalue weighted by molar-refractivity contribution is 0.371. The van der Waals surface area contributed by atoms with Gasteiger partial charge in [-0.2, -0.15) is 4.98 Å². The van der Waals surface area contributed by atoms with Gasteiger partial charge in [0.25, 0.3) is 0 Å². The van der Waals surface area contributed by atoms with Crippen molar-refractivity contribution in [3.63, 3.8) is 0 Å². The van der Waals surface area contributed by atoms with Gasteiger partial charge in [-0.15, -0.1) is 0 Å². The van der Waals surface area contributed by atoms with Crippen LogP contribution in [0, 0.1) is 0 Å². The lowest BCUT2D eigenvalue weighted by Gasteiger charge is -2.11. The average molecular weight is 244 g/mol. The smallest absolute Gasteiger partial charge is 0.229 e. The summed E-state index contributed by atoms with van der Waals surface area (Å²) < 4.78 is 5.22. The third kappa shape index (κ3) is 2.56. The maximum absolute atomic E-state index is 5.22. The van der Waals surface area contributed by atoms with Gasteiger partial charge in [0.2, 0.25) is 5.89 Å². The van der Waals surface area contributed by atoms with Crippen LogP contribution in [0.1, 0.15) is 49.0 Å². The lowest BCUT2D eigenvalue weighted by atomic mass is 10.1. The molecule has 0 bridgehead atoms. The molecule has 1 saturated carbocycles. The second-order valence-electron chi connectivity index (χ2n) is 4.71. The molecule has 1 N–H and O–H groups in total. The van der Waals surface area contributed by atoms with E-state index in [0.717, 1.165) is 11.7 Å². The van der Waals surface area contributed by atoms with Gasteiger partial charge in [0.15, 0.2) is 5.82 Å². The van der Waals surface area contributed by atoms with Crippen LogP contribution in [0.3, 0.4) is 0 Å². The lowest BCUT2D eigenvalue weighted by Crippen LogP contribution is -2.18. The van der Waals surface area contributed by atoms with E-state index >= 15 is 0 Å². The maximum Gasteiger partial charge on any atom is 0.229 e. The Morgan fingerprint density at radius 1 is 1.39 bits per heavy atom. The average Bonchev–Trinajstić information content (AvgIpc) is 3.16. The minimum Gasteiger partial charge on any atom is -0.339 e. The number of nitrogens with zero attached hydrogens (tertiary/aromatic N) is 3. The van der Waals surface area contributed by atoms with E-state index in [4.69, 9.17) is 4.52 Å². The van der Waals surface area contributed by atoms with Crippen LogP contribution in [0.15, 0.2) is 29.0 Å². The van der Waals surface area contributed by atoms with Crippen molar-refractivity contribution in [2.45, 2.75) is 38.3 Å². The van der Waals surface area contributed by atoms with Crippen LogP contribution in [0.4, 0.5) is 0 Å². The van der Waals surface area contributed by atoms with Gasteiger partial charge < -0.3 is 9.84 Å². The second-order valence-corrected chi connectivity index (χ2v) is 4.71. The normalized spacial score (nSPS) is 16.7. The van der Waals surface area contributed by atoms with Gasteiger partial charge in [-0.1, -0.05) is 5.16 Å². The largest absolute Gasteiger partial charge is 0.339 e. The molecule has 5 nitrogen and oxygen atoms in total. The van der Waals surface area contributed by atoms with Crippen molar-refractivity contribution in [1.29, 1.82) is 0 Å². The Hall–Kier alpha value is -1.75. The van der Waals surface area contributed by atoms with Crippen molar-refractivity contribution in [2.24, 2.45) is 0 Å². The van der Waals surface area contributed by atoms with E-state index in [9.17, 15) is 0 Å². The standard InChI is InChI=1S/C13H16N4O/c1-9(10-4-6-14-7-5-10)15-8-12-16-13(18-17-12)11-2-3-11/h4-7,9,11,15H,2-3,8H2,1H3. The topological polar surface area (TPSA) is 63.8 Å². The summed E-state index contributed by atoms with van der Waals surface area (Å²) in [6.45, 7) is 2.73. The number of nitrogens with one attached hydrogen (secondary N) is 1. The van der Waals surface area contributed by atoms with Crippen LogP contribution in [0.5, 0.6) is 0 Å². The van der Waals surface area contributed by atoms with E-state index in [0.29, 0.717) is 12.5 Å². The van der Waals surface area contributed by atoms with Gasteiger partial charge in [-0.3, -0.25) is 4.98 Å². The number of pyridine rings is 1. The van der Waals surface area contributed by atoms with Crippen molar-refractivity contribution in [3.05, 3.63) is 41.8 Å². The predicted octanol–water partition coefficient (Wildman–Crippen LogP) is 2.19. The third-order valence-electron chi connectivity index (χ3n) is 3.18. The Labute approximate surface area is 106 Å². The first-order valence-corrected chi connectivity index (χ1v) is 6.28. The molecule has 1 aliphatic carbocycles. The molecule has 5 heteroatoms. The fourth-order valence-electron chi connectivity index (χ4n) is 1.85. The Kier molecular flexibility index (Phi) is 3.06. The highest BCUT2D eigenvalue weighted by molar-refractivity contribution is 5.14. The van der Waals surface area contributed by atoms with Crippen LogP contribution < -0.4 is 5.32 Å². The van der Waals surface area contributed by atoms with Gasteiger partial charge >= 0.3 is 0 Å². The number of hydrogen-bond donors (Lipinski definition) is 1. The molecule has 0 saturated heterocycles. The van der Waals surface area contributed by atoms with Crippen LogP contribution in [-0.4, -0.2) is 15.1 Å². The van der Waals surface area contributed by atoms with Gasteiger partial charge in [0, 0.05) is 24.4 Å². The summed E-state index contributed by atoms with van der Waals surface area (Å²) in [6.07, 6.45) is 5.96. The summed E-state index contributed by atoms with van der Waals surface area (Å²) in [7, 11) is 0. The highest BCUT2D eigenvalue weighted by atomic mass is 16.5. The van der Waals surface area contributed by atoms with Crippen LogP contribution in [0.2, 0.25) is 0 Å². The predicted molar refractivity (Wildman–Crippen MR) is 65.8 cm³/mol. The van der Waals surface area contributed by atoms with Crippen molar-refractivity contribution >= 4 is 0 Å². The zero-order valence-corrected chi connectivity index (χ0v) is 10.3. The van der Waals surface area contributed by atoms with E-state index in [2.05, 4.69) is 27.4 Å². The van der Waals surface area contributed by atoms with Crippen molar-refractivity contribution in [3.8, 4) is 0 Å². The molecule has 0 aromatic carbocycles. The molecule has 2 heterocycles. The molecule has 0 radical (unpaired) electrons. The van der Waals surface area contributed by atoms with Gasteiger partial charge in [-0.25, -0.2) is 0 Å². The highest BCUT2D eigenvalue weighted by Gasteiger charge is 2.29. The SMILES string of the molecule is CC(NCc1noc(C2CC2)n1)c1ccncc1. The van der Waals surface area contributed by atoms with E-state index in [1.165, 1.54) is 18.4 Å². The second kappa shape index (κ2) is 4.86. The summed E-state index contributed by atoms with van der Waals surface area (Å²) in [5.41, 5.74) is 1.20. The number of hydrogen-bond acceptors (Lipinski definition) is 5. The van der Waals surface area contributed by atoms with Gasteiger partial charge in [-0.05, 0) is 37.5 Å². The van der Waals surface area contributed by atoms with Crippen molar-refractivity contribution in [1.82, 2.24) is 20.4 Å². The molecule has 94 valence electrons. The molecule has 1 fully saturated rings. The van der Waals surface area contributed by atoms with Crippen LogP contribution in [-0.2, 0) is 6.54 Å². The fourth-order valence-corrected chi connectivity index (χ4v) is 1.85. The molecular weight excluding hydrogens is 228 g/mol. The molecule has 1 unspecified atom stereocenters. The molecule has 0 aliphatic heterocycles. The third-order valence-corrected chi connectivity index (χ3v) is 3.18. The van der Waals surface area contributed by atoms with E-state index in [1.54, 1.807) is 12.4 Å². The Balaban J connectivity index is 1.56.